The number of likely N-dealkylation sites (tertiary alicyclic amines) is 1. The number of hydrogen-bond acceptors (Lipinski definition) is 3. The third-order valence-corrected chi connectivity index (χ3v) is 7.29. The second-order valence-electron chi connectivity index (χ2n) is 9.07. The molecule has 0 bridgehead atoms. The number of imidazole rings is 1. The topological polar surface area (TPSA) is 52.2 Å². The van der Waals surface area contributed by atoms with Gasteiger partial charge in [0, 0.05) is 36.3 Å². The van der Waals surface area contributed by atoms with E-state index in [0.717, 1.165) is 49.1 Å². The van der Waals surface area contributed by atoms with Gasteiger partial charge in [-0.1, -0.05) is 48.5 Å². The van der Waals surface area contributed by atoms with Crippen LogP contribution in [-0.2, 0) is 0 Å². The molecule has 2 aliphatic rings. The van der Waals surface area contributed by atoms with Crippen molar-refractivity contribution in [2.75, 3.05) is 24.5 Å². The van der Waals surface area contributed by atoms with Crippen molar-refractivity contribution >= 4 is 22.6 Å². The molecule has 0 saturated carbocycles. The van der Waals surface area contributed by atoms with Gasteiger partial charge in [0.2, 0.25) is 0 Å². The predicted molar refractivity (Wildman–Crippen MR) is 127 cm³/mol. The van der Waals surface area contributed by atoms with Crippen molar-refractivity contribution in [1.29, 1.82) is 0 Å². The molecule has 32 heavy (non-hydrogen) atoms. The van der Waals surface area contributed by atoms with Crippen molar-refractivity contribution in [2.45, 2.75) is 18.9 Å². The first-order valence-corrected chi connectivity index (χ1v) is 11.3. The van der Waals surface area contributed by atoms with Crippen LogP contribution in [0.25, 0.3) is 11.0 Å². The number of anilines is 1. The van der Waals surface area contributed by atoms with Gasteiger partial charge in [-0.05, 0) is 48.7 Å². The van der Waals surface area contributed by atoms with Crippen LogP contribution in [0.3, 0.4) is 0 Å². The average molecular weight is 423 g/mol. The Kier molecular flexibility index (Phi) is 4.49. The van der Waals surface area contributed by atoms with E-state index in [1.54, 1.807) is 6.33 Å². The molecule has 2 fully saturated rings. The monoisotopic (exact) mass is 422 g/mol. The highest BCUT2D eigenvalue weighted by Crippen LogP contribution is 2.56. The van der Waals surface area contributed by atoms with Crippen molar-refractivity contribution in [3.05, 3.63) is 96.3 Å². The molecule has 1 spiro atoms. The number of nitrogens with zero attached hydrogens (tertiary/aromatic N) is 3. The number of amides is 1. The molecule has 1 unspecified atom stereocenters. The van der Waals surface area contributed by atoms with Gasteiger partial charge in [0.05, 0.1) is 23.4 Å². The fourth-order valence-corrected chi connectivity index (χ4v) is 5.60. The van der Waals surface area contributed by atoms with E-state index >= 15 is 0 Å². The number of hydrogen-bond donors (Lipinski definition) is 1. The van der Waals surface area contributed by atoms with Crippen molar-refractivity contribution in [3.8, 4) is 0 Å². The van der Waals surface area contributed by atoms with E-state index in [0.29, 0.717) is 6.04 Å². The Morgan fingerprint density at radius 3 is 2.41 bits per heavy atom. The lowest BCUT2D eigenvalue weighted by Crippen LogP contribution is -2.62. The van der Waals surface area contributed by atoms with Crippen LogP contribution in [0.2, 0.25) is 0 Å². The molecule has 0 radical (unpaired) electrons. The van der Waals surface area contributed by atoms with Gasteiger partial charge in [0.1, 0.15) is 0 Å². The highest BCUT2D eigenvalue weighted by Gasteiger charge is 2.54. The number of aromatic nitrogens is 2. The minimum absolute atomic E-state index is 0.111. The van der Waals surface area contributed by atoms with Crippen molar-refractivity contribution in [3.63, 3.8) is 0 Å². The molecular formula is C27H26N4O. The first kappa shape index (κ1) is 19.1. The van der Waals surface area contributed by atoms with Crippen molar-refractivity contribution < 1.29 is 4.79 Å². The number of carbonyl (C=O) groups is 1. The summed E-state index contributed by atoms with van der Waals surface area (Å²) in [7, 11) is 0. The second-order valence-corrected chi connectivity index (χ2v) is 9.07. The zero-order valence-electron chi connectivity index (χ0n) is 17.9. The number of benzene rings is 3. The molecule has 2 aliphatic heterocycles. The van der Waals surface area contributed by atoms with Gasteiger partial charge in [-0.15, -0.1) is 0 Å². The first-order chi connectivity index (χ1) is 15.7. The van der Waals surface area contributed by atoms with Gasteiger partial charge in [0.15, 0.2) is 0 Å². The lowest BCUT2D eigenvalue weighted by atomic mass is 9.63. The number of fused-ring (bicyclic) bond motifs is 1. The van der Waals surface area contributed by atoms with E-state index in [1.807, 2.05) is 23.1 Å². The van der Waals surface area contributed by atoms with Crippen LogP contribution in [0.5, 0.6) is 0 Å². The molecule has 4 aromatic rings. The summed E-state index contributed by atoms with van der Waals surface area (Å²) in [5.41, 5.74) is 5.37. The van der Waals surface area contributed by atoms with Gasteiger partial charge >= 0.3 is 0 Å². The molecule has 1 N–H and O–H groups in total. The summed E-state index contributed by atoms with van der Waals surface area (Å²) >= 11 is 0. The van der Waals surface area contributed by atoms with Gasteiger partial charge in [-0.3, -0.25) is 4.79 Å². The van der Waals surface area contributed by atoms with Crippen LogP contribution in [0.1, 0.15) is 34.8 Å². The Morgan fingerprint density at radius 1 is 0.938 bits per heavy atom. The van der Waals surface area contributed by atoms with E-state index in [4.69, 9.17) is 0 Å². The predicted octanol–water partition coefficient (Wildman–Crippen LogP) is 5.05. The maximum absolute atomic E-state index is 13.2. The van der Waals surface area contributed by atoms with Crippen LogP contribution in [0.4, 0.5) is 5.69 Å². The third kappa shape index (κ3) is 3.08. The van der Waals surface area contributed by atoms with E-state index in [1.165, 1.54) is 11.3 Å². The molecule has 1 atom stereocenters. The molecule has 3 heterocycles. The lowest BCUT2D eigenvalue weighted by molar-refractivity contribution is 0.0271. The largest absolute Gasteiger partial charge is 0.363 e. The molecule has 5 nitrogen and oxygen atoms in total. The molecule has 1 aromatic heterocycles. The van der Waals surface area contributed by atoms with Crippen LogP contribution >= 0.6 is 0 Å². The standard InChI is InChI=1S/C27H26N4O/c32-26(21-11-12-23-24(17-21)29-19-28-23)30-15-13-27(14-16-30)18-31(22-9-5-2-6-10-22)25(27)20-7-3-1-4-8-20/h1-12,17,19,25H,13-16,18H2,(H,28,29). The summed E-state index contributed by atoms with van der Waals surface area (Å²) in [6.07, 6.45) is 3.71. The number of H-pyrrole nitrogens is 1. The smallest absolute Gasteiger partial charge is 0.253 e. The van der Waals surface area contributed by atoms with Gasteiger partial charge in [-0.2, -0.15) is 0 Å². The Bertz CT molecular complexity index is 1240. The van der Waals surface area contributed by atoms with Gasteiger partial charge < -0.3 is 14.8 Å². The summed E-state index contributed by atoms with van der Waals surface area (Å²) < 4.78 is 0. The maximum atomic E-state index is 13.2. The molecule has 2 saturated heterocycles. The quantitative estimate of drug-likeness (QED) is 0.503. The van der Waals surface area contributed by atoms with E-state index in [2.05, 4.69) is 75.5 Å². The van der Waals surface area contributed by atoms with Gasteiger partial charge in [-0.25, -0.2) is 4.98 Å². The van der Waals surface area contributed by atoms with Crippen molar-refractivity contribution in [2.24, 2.45) is 5.41 Å². The Morgan fingerprint density at radius 2 is 1.66 bits per heavy atom. The molecule has 5 heteroatoms. The zero-order valence-corrected chi connectivity index (χ0v) is 17.9. The summed E-state index contributed by atoms with van der Waals surface area (Å²) in [5.74, 6) is 0.111. The normalized spacial score (nSPS) is 19.8. The third-order valence-electron chi connectivity index (χ3n) is 7.29. The fraction of sp³-hybridized carbons (Fsp3) is 0.259. The molecule has 1 amide bonds. The molecule has 3 aromatic carbocycles. The summed E-state index contributed by atoms with van der Waals surface area (Å²) in [6.45, 7) is 2.63. The summed E-state index contributed by atoms with van der Waals surface area (Å²) in [5, 5.41) is 0. The summed E-state index contributed by atoms with van der Waals surface area (Å²) in [4.78, 5) is 25.1. The number of rotatable bonds is 3. The highest BCUT2D eigenvalue weighted by atomic mass is 16.2. The Hall–Kier alpha value is -3.60. The first-order valence-electron chi connectivity index (χ1n) is 11.3. The maximum Gasteiger partial charge on any atom is 0.253 e. The fourth-order valence-electron chi connectivity index (χ4n) is 5.60. The average Bonchev–Trinajstić information content (AvgIpc) is 3.32. The number of piperidine rings is 1. The highest BCUT2D eigenvalue weighted by molar-refractivity contribution is 5.97. The van der Waals surface area contributed by atoms with Crippen LogP contribution in [0, 0.1) is 5.41 Å². The molecule has 0 aliphatic carbocycles. The SMILES string of the molecule is O=C(c1ccc2[nH]cnc2c1)N1CCC2(CC1)CN(c1ccccc1)C2c1ccccc1. The second kappa shape index (κ2) is 7.52. The number of nitrogens with one attached hydrogen (secondary N) is 1. The summed E-state index contributed by atoms with van der Waals surface area (Å²) in [6, 6.07) is 27.6. The van der Waals surface area contributed by atoms with Crippen LogP contribution in [0.15, 0.2) is 85.2 Å². The Balaban J connectivity index is 1.23. The Labute approximate surface area is 187 Å². The molecule has 160 valence electrons. The number of carbonyl (C=O) groups excluding carboxylic acids is 1. The molecule has 6 rings (SSSR count). The van der Waals surface area contributed by atoms with E-state index < -0.39 is 0 Å². The lowest BCUT2D eigenvalue weighted by Gasteiger charge is -2.61. The minimum Gasteiger partial charge on any atom is -0.363 e. The minimum atomic E-state index is 0.111. The number of para-hydroxylation sites is 1. The van der Waals surface area contributed by atoms with Gasteiger partial charge in [0.25, 0.3) is 5.91 Å². The van der Waals surface area contributed by atoms with Crippen LogP contribution < -0.4 is 4.90 Å². The molecular weight excluding hydrogens is 396 g/mol. The zero-order chi connectivity index (χ0) is 21.5. The van der Waals surface area contributed by atoms with E-state index in [9.17, 15) is 4.79 Å². The van der Waals surface area contributed by atoms with E-state index in [-0.39, 0.29) is 11.3 Å². The number of aromatic amines is 1. The van der Waals surface area contributed by atoms with Crippen molar-refractivity contribution in [1.82, 2.24) is 14.9 Å². The van der Waals surface area contributed by atoms with Crippen LogP contribution in [-0.4, -0.2) is 40.4 Å².